The molecule has 0 amide bonds. The lowest BCUT2D eigenvalue weighted by Crippen LogP contribution is -2.27. The maximum absolute atomic E-state index is 12.5. The molecule has 0 atom stereocenters. The number of hydrogen-bond donors (Lipinski definition) is 1. The van der Waals surface area contributed by atoms with Crippen LogP contribution in [0.4, 0.5) is 5.82 Å². The Morgan fingerprint density at radius 2 is 2.10 bits per heavy atom. The van der Waals surface area contributed by atoms with Gasteiger partial charge in [0, 0.05) is 20.2 Å². The second kappa shape index (κ2) is 4.91. The van der Waals surface area contributed by atoms with E-state index in [-0.39, 0.29) is 17.3 Å². The Bertz CT molecular complexity index is 731. The summed E-state index contributed by atoms with van der Waals surface area (Å²) in [6.07, 6.45) is 0. The van der Waals surface area contributed by atoms with E-state index in [4.69, 9.17) is 10.3 Å². The van der Waals surface area contributed by atoms with Crippen molar-refractivity contribution in [2.75, 3.05) is 12.8 Å². The zero-order chi connectivity index (χ0) is 15.1. The van der Waals surface area contributed by atoms with Gasteiger partial charge in [-0.3, -0.25) is 4.68 Å². The number of hydrogen-bond acceptors (Lipinski definition) is 6. The van der Waals surface area contributed by atoms with Crippen LogP contribution in [0.5, 0.6) is 0 Å². The molecule has 0 saturated heterocycles. The minimum atomic E-state index is -3.73. The molecule has 2 aromatic rings. The number of aromatic nitrogens is 3. The molecule has 0 aliphatic carbocycles. The normalized spacial score (nSPS) is 12.2. The van der Waals surface area contributed by atoms with Gasteiger partial charge in [0.05, 0.1) is 17.9 Å². The third-order valence-corrected chi connectivity index (χ3v) is 5.00. The first-order chi connectivity index (χ1) is 9.23. The smallest absolute Gasteiger partial charge is 0.248 e. The molecule has 2 aromatic heterocycles. The molecule has 0 spiro atoms. The van der Waals surface area contributed by atoms with E-state index in [9.17, 15) is 8.42 Å². The van der Waals surface area contributed by atoms with Crippen molar-refractivity contribution in [3.8, 4) is 0 Å². The summed E-state index contributed by atoms with van der Waals surface area (Å²) in [7, 11) is -0.617. The molecule has 0 fully saturated rings. The van der Waals surface area contributed by atoms with Gasteiger partial charge in [-0.15, -0.1) is 0 Å². The van der Waals surface area contributed by atoms with E-state index in [1.54, 1.807) is 27.0 Å². The highest BCUT2D eigenvalue weighted by Gasteiger charge is 2.29. The number of nitrogens with zero attached hydrogens (tertiary/aromatic N) is 4. The Balaban J connectivity index is 2.34. The van der Waals surface area contributed by atoms with Gasteiger partial charge in [0.25, 0.3) is 0 Å². The van der Waals surface area contributed by atoms with Gasteiger partial charge in [-0.1, -0.05) is 5.16 Å². The number of rotatable bonds is 4. The van der Waals surface area contributed by atoms with Gasteiger partial charge in [0.15, 0.2) is 5.82 Å². The van der Waals surface area contributed by atoms with Crippen LogP contribution in [0.3, 0.4) is 0 Å². The largest absolute Gasteiger partial charge is 0.381 e. The monoisotopic (exact) mass is 299 g/mol. The predicted octanol–water partition coefficient (Wildman–Crippen LogP) is 0.428. The standard InChI is InChI=1S/C11H17N5O3S/c1-7-5-9(14-19-7)6-15(3)20(17,18)10-8(2)16(4)13-11(10)12/h5H,6H2,1-4H3,(H2,12,13). The summed E-state index contributed by atoms with van der Waals surface area (Å²) < 4.78 is 32.6. The minimum absolute atomic E-state index is 0.00631. The van der Waals surface area contributed by atoms with Gasteiger partial charge in [-0.2, -0.15) is 9.40 Å². The molecule has 2 heterocycles. The van der Waals surface area contributed by atoms with Crippen molar-refractivity contribution >= 4 is 15.8 Å². The first-order valence-electron chi connectivity index (χ1n) is 5.91. The Hall–Kier alpha value is -1.87. The zero-order valence-corrected chi connectivity index (χ0v) is 12.6. The van der Waals surface area contributed by atoms with E-state index in [2.05, 4.69) is 10.3 Å². The molecule has 0 saturated carbocycles. The van der Waals surface area contributed by atoms with Gasteiger partial charge >= 0.3 is 0 Å². The number of sulfonamides is 1. The van der Waals surface area contributed by atoms with Crippen molar-refractivity contribution < 1.29 is 12.9 Å². The Labute approximate surface area is 117 Å². The van der Waals surface area contributed by atoms with Gasteiger partial charge < -0.3 is 10.3 Å². The topological polar surface area (TPSA) is 107 Å². The number of nitrogen functional groups attached to an aromatic ring is 1. The van der Waals surface area contributed by atoms with Gasteiger partial charge in [0.1, 0.15) is 10.7 Å². The Kier molecular flexibility index (Phi) is 3.57. The lowest BCUT2D eigenvalue weighted by Gasteiger charge is -2.15. The Morgan fingerprint density at radius 1 is 1.45 bits per heavy atom. The molecule has 8 nitrogen and oxygen atoms in total. The summed E-state index contributed by atoms with van der Waals surface area (Å²) in [5, 5.41) is 7.70. The first kappa shape index (κ1) is 14.5. The number of aryl methyl sites for hydroxylation is 2. The summed E-state index contributed by atoms with van der Waals surface area (Å²) in [6, 6.07) is 1.69. The van der Waals surface area contributed by atoms with Crippen molar-refractivity contribution in [3.05, 3.63) is 23.2 Å². The maximum Gasteiger partial charge on any atom is 0.248 e. The van der Waals surface area contributed by atoms with Crippen LogP contribution in [0.1, 0.15) is 17.1 Å². The van der Waals surface area contributed by atoms with E-state index >= 15 is 0 Å². The number of anilines is 1. The zero-order valence-electron chi connectivity index (χ0n) is 11.8. The van der Waals surface area contributed by atoms with Crippen LogP contribution in [0.25, 0.3) is 0 Å². The van der Waals surface area contributed by atoms with E-state index in [0.29, 0.717) is 17.1 Å². The van der Waals surface area contributed by atoms with Crippen LogP contribution in [-0.4, -0.2) is 34.7 Å². The summed E-state index contributed by atoms with van der Waals surface area (Å²) in [5.74, 6) is 0.621. The average Bonchev–Trinajstić information content (AvgIpc) is 2.84. The SMILES string of the molecule is Cc1cc(CN(C)S(=O)(=O)c2c(N)nn(C)c2C)no1. The fraction of sp³-hybridized carbons (Fsp3) is 0.455. The Morgan fingerprint density at radius 3 is 2.55 bits per heavy atom. The maximum atomic E-state index is 12.5. The summed E-state index contributed by atoms with van der Waals surface area (Å²) in [6.45, 7) is 3.51. The van der Waals surface area contributed by atoms with E-state index < -0.39 is 10.0 Å². The second-order valence-electron chi connectivity index (χ2n) is 4.61. The molecule has 2 N–H and O–H groups in total. The molecular formula is C11H17N5O3S. The number of nitrogens with two attached hydrogens (primary N) is 1. The van der Waals surface area contributed by atoms with Crippen molar-refractivity contribution in [1.29, 1.82) is 0 Å². The molecule has 0 bridgehead atoms. The summed E-state index contributed by atoms with van der Waals surface area (Å²) in [5.41, 5.74) is 6.72. The van der Waals surface area contributed by atoms with Gasteiger partial charge in [0.2, 0.25) is 10.0 Å². The van der Waals surface area contributed by atoms with E-state index in [1.165, 1.54) is 16.0 Å². The van der Waals surface area contributed by atoms with Gasteiger partial charge in [-0.05, 0) is 13.8 Å². The van der Waals surface area contributed by atoms with Crippen molar-refractivity contribution in [2.45, 2.75) is 25.3 Å². The molecule has 0 aromatic carbocycles. The van der Waals surface area contributed by atoms with Crippen LogP contribution in [0.2, 0.25) is 0 Å². The minimum Gasteiger partial charge on any atom is -0.381 e. The molecule has 0 aliphatic rings. The highest BCUT2D eigenvalue weighted by atomic mass is 32.2. The molecule has 0 aliphatic heterocycles. The van der Waals surface area contributed by atoms with E-state index in [0.717, 1.165) is 0 Å². The third kappa shape index (κ3) is 2.41. The van der Waals surface area contributed by atoms with Crippen LogP contribution in [0, 0.1) is 13.8 Å². The highest BCUT2D eigenvalue weighted by molar-refractivity contribution is 7.89. The van der Waals surface area contributed by atoms with Crippen LogP contribution < -0.4 is 5.73 Å². The second-order valence-corrected chi connectivity index (χ2v) is 6.60. The van der Waals surface area contributed by atoms with Crippen molar-refractivity contribution in [1.82, 2.24) is 19.2 Å². The van der Waals surface area contributed by atoms with Crippen molar-refractivity contribution in [3.63, 3.8) is 0 Å². The molecule has 9 heteroatoms. The molecule has 2 rings (SSSR count). The van der Waals surface area contributed by atoms with Crippen LogP contribution in [-0.2, 0) is 23.6 Å². The quantitative estimate of drug-likeness (QED) is 0.877. The van der Waals surface area contributed by atoms with Crippen LogP contribution in [0.15, 0.2) is 15.5 Å². The van der Waals surface area contributed by atoms with Crippen LogP contribution >= 0.6 is 0 Å². The fourth-order valence-electron chi connectivity index (χ4n) is 1.89. The molecule has 0 radical (unpaired) electrons. The van der Waals surface area contributed by atoms with Gasteiger partial charge in [-0.25, -0.2) is 8.42 Å². The molecule has 0 unspecified atom stereocenters. The third-order valence-electron chi connectivity index (χ3n) is 3.03. The molecule has 110 valence electrons. The molecule has 20 heavy (non-hydrogen) atoms. The van der Waals surface area contributed by atoms with Crippen molar-refractivity contribution in [2.24, 2.45) is 7.05 Å². The lowest BCUT2D eigenvalue weighted by molar-refractivity contribution is 0.378. The predicted molar refractivity (Wildman–Crippen MR) is 72.3 cm³/mol. The summed E-state index contributed by atoms with van der Waals surface area (Å²) in [4.78, 5) is 0.0303. The first-order valence-corrected chi connectivity index (χ1v) is 7.35. The fourth-order valence-corrected chi connectivity index (χ4v) is 3.32. The average molecular weight is 299 g/mol. The summed E-state index contributed by atoms with van der Waals surface area (Å²) >= 11 is 0. The molecular weight excluding hydrogens is 282 g/mol. The lowest BCUT2D eigenvalue weighted by atomic mass is 10.4. The van der Waals surface area contributed by atoms with E-state index in [1.807, 2.05) is 0 Å². The highest BCUT2D eigenvalue weighted by Crippen LogP contribution is 2.25.